The zero-order valence-electron chi connectivity index (χ0n) is 14.2. The van der Waals surface area contributed by atoms with Crippen molar-refractivity contribution < 1.29 is 14.3 Å². The number of anilines is 1. The summed E-state index contributed by atoms with van der Waals surface area (Å²) in [4.78, 5) is 23.4. The maximum absolute atomic E-state index is 12.0. The molecule has 1 aliphatic carbocycles. The number of ether oxygens (including phenoxy) is 1. The molecule has 0 spiro atoms. The van der Waals surface area contributed by atoms with E-state index in [1.165, 1.54) is 37.5 Å². The zero-order chi connectivity index (χ0) is 17.6. The lowest BCUT2D eigenvalue weighted by molar-refractivity contribution is -0.118. The number of Topliss-reactive ketones (excluding diaryl/α,β-unsaturated/α-hetero) is 1. The quantitative estimate of drug-likeness (QED) is 0.793. The zero-order valence-corrected chi connectivity index (χ0v) is 15.0. The maximum atomic E-state index is 12.0. The van der Waals surface area contributed by atoms with Crippen molar-refractivity contribution in [1.82, 2.24) is 10.2 Å². The van der Waals surface area contributed by atoms with Crippen LogP contribution in [0.15, 0.2) is 24.3 Å². The lowest BCUT2D eigenvalue weighted by atomic mass is 9.90. The number of aromatic nitrogens is 2. The van der Waals surface area contributed by atoms with Crippen molar-refractivity contribution >= 4 is 28.2 Å². The molecule has 6 nitrogen and oxygen atoms in total. The summed E-state index contributed by atoms with van der Waals surface area (Å²) in [6.07, 6.45) is 6.07. The number of amides is 1. The van der Waals surface area contributed by atoms with Crippen molar-refractivity contribution in [3.63, 3.8) is 0 Å². The van der Waals surface area contributed by atoms with E-state index in [1.807, 2.05) is 0 Å². The van der Waals surface area contributed by atoms with Crippen LogP contribution in [0, 0.1) is 0 Å². The second-order valence-electron chi connectivity index (χ2n) is 6.20. The minimum Gasteiger partial charge on any atom is -0.484 e. The molecule has 132 valence electrons. The van der Waals surface area contributed by atoms with E-state index in [1.54, 1.807) is 24.3 Å². The van der Waals surface area contributed by atoms with Crippen LogP contribution >= 0.6 is 11.3 Å². The Kier molecular flexibility index (Phi) is 5.75. The van der Waals surface area contributed by atoms with Crippen LogP contribution in [0.4, 0.5) is 5.13 Å². The Labute approximate surface area is 150 Å². The largest absolute Gasteiger partial charge is 0.484 e. The first-order valence-corrected chi connectivity index (χ1v) is 9.30. The van der Waals surface area contributed by atoms with E-state index in [2.05, 4.69) is 15.5 Å². The van der Waals surface area contributed by atoms with Gasteiger partial charge >= 0.3 is 0 Å². The third-order valence-corrected chi connectivity index (χ3v) is 5.25. The standard InChI is InChI=1S/C18H21N3O3S/c1-12(22)14-8-5-9-15(10-14)24-11-16(23)19-18-21-20-17(25-18)13-6-3-2-4-7-13/h5,8-10,13H,2-4,6-7,11H2,1H3,(H,19,21,23). The topological polar surface area (TPSA) is 81.2 Å². The van der Waals surface area contributed by atoms with E-state index in [4.69, 9.17) is 4.74 Å². The van der Waals surface area contributed by atoms with Crippen LogP contribution in [0.25, 0.3) is 0 Å². The number of nitrogens with one attached hydrogen (secondary N) is 1. The number of nitrogens with zero attached hydrogens (tertiary/aromatic N) is 2. The molecule has 0 radical (unpaired) electrons. The first kappa shape index (κ1) is 17.5. The second kappa shape index (κ2) is 8.20. The maximum Gasteiger partial charge on any atom is 0.264 e. The Bertz CT molecular complexity index is 754. The van der Waals surface area contributed by atoms with Gasteiger partial charge in [0.05, 0.1) is 0 Å². The lowest BCUT2D eigenvalue weighted by Crippen LogP contribution is -2.20. The molecule has 1 aromatic carbocycles. The summed E-state index contributed by atoms with van der Waals surface area (Å²) in [5, 5.41) is 12.5. The van der Waals surface area contributed by atoms with Crippen LogP contribution in [-0.2, 0) is 4.79 Å². The van der Waals surface area contributed by atoms with Gasteiger partial charge in [-0.3, -0.25) is 14.9 Å². The SMILES string of the molecule is CC(=O)c1cccc(OCC(=O)Nc2nnc(C3CCCCC3)s2)c1. The van der Waals surface area contributed by atoms with Gasteiger partial charge in [0.15, 0.2) is 12.4 Å². The van der Waals surface area contributed by atoms with Gasteiger partial charge in [-0.2, -0.15) is 0 Å². The predicted octanol–water partition coefficient (Wildman–Crippen LogP) is 3.81. The van der Waals surface area contributed by atoms with Gasteiger partial charge in [0.1, 0.15) is 10.8 Å². The molecule has 7 heteroatoms. The molecule has 1 fully saturated rings. The summed E-state index contributed by atoms with van der Waals surface area (Å²) >= 11 is 1.44. The normalized spacial score (nSPS) is 14.9. The van der Waals surface area contributed by atoms with Gasteiger partial charge in [0.25, 0.3) is 5.91 Å². The molecule has 1 aliphatic rings. The molecule has 0 atom stereocenters. The average molecular weight is 359 g/mol. The summed E-state index contributed by atoms with van der Waals surface area (Å²) < 4.78 is 5.45. The van der Waals surface area contributed by atoms with Crippen LogP contribution in [0.5, 0.6) is 5.75 Å². The molecule has 1 saturated carbocycles. The molecule has 0 bridgehead atoms. The van der Waals surface area contributed by atoms with Crippen molar-refractivity contribution in [3.8, 4) is 5.75 Å². The van der Waals surface area contributed by atoms with Gasteiger partial charge in [-0.1, -0.05) is 42.7 Å². The molecular weight excluding hydrogens is 338 g/mol. The number of ketones is 1. The van der Waals surface area contributed by atoms with Crippen molar-refractivity contribution in [3.05, 3.63) is 34.8 Å². The van der Waals surface area contributed by atoms with Gasteiger partial charge in [0, 0.05) is 11.5 Å². The van der Waals surface area contributed by atoms with Crippen molar-refractivity contribution in [2.45, 2.75) is 44.9 Å². The predicted molar refractivity (Wildman–Crippen MR) is 96.3 cm³/mol. The number of benzene rings is 1. The monoisotopic (exact) mass is 359 g/mol. The fourth-order valence-corrected chi connectivity index (χ4v) is 3.84. The van der Waals surface area contributed by atoms with Crippen molar-refractivity contribution in [2.75, 3.05) is 11.9 Å². The summed E-state index contributed by atoms with van der Waals surface area (Å²) in [7, 11) is 0. The highest BCUT2D eigenvalue weighted by molar-refractivity contribution is 7.15. The molecule has 0 unspecified atom stereocenters. The molecule has 0 saturated heterocycles. The van der Waals surface area contributed by atoms with Gasteiger partial charge < -0.3 is 4.74 Å². The van der Waals surface area contributed by atoms with Crippen molar-refractivity contribution in [1.29, 1.82) is 0 Å². The van der Waals surface area contributed by atoms with Gasteiger partial charge in [-0.25, -0.2) is 0 Å². The third kappa shape index (κ3) is 4.85. The fraction of sp³-hybridized carbons (Fsp3) is 0.444. The molecular formula is C18H21N3O3S. The molecule has 1 heterocycles. The Morgan fingerprint density at radius 1 is 1.24 bits per heavy atom. The number of hydrogen-bond acceptors (Lipinski definition) is 6. The Morgan fingerprint density at radius 2 is 2.04 bits per heavy atom. The van der Waals surface area contributed by atoms with Crippen LogP contribution in [0.1, 0.15) is 60.3 Å². The smallest absolute Gasteiger partial charge is 0.264 e. The van der Waals surface area contributed by atoms with Crippen LogP contribution in [0.3, 0.4) is 0 Å². The van der Waals surface area contributed by atoms with E-state index in [0.717, 1.165) is 17.8 Å². The van der Waals surface area contributed by atoms with Crippen LogP contribution in [-0.4, -0.2) is 28.5 Å². The van der Waals surface area contributed by atoms with E-state index < -0.39 is 0 Å². The van der Waals surface area contributed by atoms with Crippen LogP contribution in [0.2, 0.25) is 0 Å². The molecule has 25 heavy (non-hydrogen) atoms. The molecule has 2 aromatic rings. The molecule has 1 N–H and O–H groups in total. The number of hydrogen-bond donors (Lipinski definition) is 1. The number of carbonyl (C=O) groups is 2. The van der Waals surface area contributed by atoms with Gasteiger partial charge in [-0.15, -0.1) is 10.2 Å². The van der Waals surface area contributed by atoms with Gasteiger partial charge in [0.2, 0.25) is 5.13 Å². The fourth-order valence-electron chi connectivity index (χ4n) is 2.91. The summed E-state index contributed by atoms with van der Waals surface area (Å²) in [5.41, 5.74) is 0.555. The van der Waals surface area contributed by atoms with E-state index in [9.17, 15) is 9.59 Å². The highest BCUT2D eigenvalue weighted by Crippen LogP contribution is 2.35. The first-order valence-electron chi connectivity index (χ1n) is 8.49. The van der Waals surface area contributed by atoms with E-state index in [-0.39, 0.29) is 18.3 Å². The minimum atomic E-state index is -0.292. The Morgan fingerprint density at radius 3 is 2.80 bits per heavy atom. The molecule has 1 aromatic heterocycles. The number of carbonyl (C=O) groups excluding carboxylic acids is 2. The Hall–Kier alpha value is -2.28. The van der Waals surface area contributed by atoms with E-state index in [0.29, 0.717) is 22.4 Å². The second-order valence-corrected chi connectivity index (χ2v) is 7.21. The van der Waals surface area contributed by atoms with Gasteiger partial charge in [-0.05, 0) is 31.9 Å². The molecule has 0 aliphatic heterocycles. The minimum absolute atomic E-state index is 0.0426. The Balaban J connectivity index is 1.52. The van der Waals surface area contributed by atoms with Crippen molar-refractivity contribution in [2.24, 2.45) is 0 Å². The number of rotatable bonds is 6. The summed E-state index contributed by atoms with van der Waals surface area (Å²) in [6, 6.07) is 6.78. The third-order valence-electron chi connectivity index (χ3n) is 4.25. The molecule has 3 rings (SSSR count). The lowest BCUT2D eigenvalue weighted by Gasteiger charge is -2.18. The summed E-state index contributed by atoms with van der Waals surface area (Å²) in [6.45, 7) is 1.35. The summed E-state index contributed by atoms with van der Waals surface area (Å²) in [5.74, 6) is 0.629. The molecule has 1 amide bonds. The first-order chi connectivity index (χ1) is 12.1. The van der Waals surface area contributed by atoms with Crippen LogP contribution < -0.4 is 10.1 Å². The van der Waals surface area contributed by atoms with E-state index >= 15 is 0 Å². The average Bonchev–Trinajstić information content (AvgIpc) is 3.09. The highest BCUT2D eigenvalue weighted by Gasteiger charge is 2.20. The highest BCUT2D eigenvalue weighted by atomic mass is 32.1.